The number of carbonyl (C=O) groups is 1. The zero-order valence-corrected chi connectivity index (χ0v) is 16.1. The van der Waals surface area contributed by atoms with Gasteiger partial charge >= 0.3 is 0 Å². The van der Waals surface area contributed by atoms with Crippen LogP contribution in [0.2, 0.25) is 0 Å². The van der Waals surface area contributed by atoms with Crippen molar-refractivity contribution >= 4 is 35.8 Å². The summed E-state index contributed by atoms with van der Waals surface area (Å²) in [5, 5.41) is 0. The first-order valence-electron chi connectivity index (χ1n) is 8.20. The molecule has 0 aliphatic carbocycles. The predicted molar refractivity (Wildman–Crippen MR) is 104 cm³/mol. The molecule has 0 aromatic heterocycles. The van der Waals surface area contributed by atoms with Gasteiger partial charge in [-0.05, 0) is 17.5 Å². The van der Waals surface area contributed by atoms with E-state index in [4.69, 9.17) is 10.5 Å². The quantitative estimate of drug-likeness (QED) is 0.435. The van der Waals surface area contributed by atoms with Gasteiger partial charge in [-0.3, -0.25) is 4.79 Å². The van der Waals surface area contributed by atoms with Crippen LogP contribution in [-0.2, 0) is 22.6 Å². The molecule has 1 aromatic carbocycles. The number of likely N-dealkylation sites (tertiary alicyclic amines) is 1. The van der Waals surface area contributed by atoms with Crippen LogP contribution < -0.4 is 5.73 Å². The first-order valence-corrected chi connectivity index (χ1v) is 8.20. The molecular formula is C17H25IN4O2. The van der Waals surface area contributed by atoms with E-state index in [1.165, 1.54) is 0 Å². The Bertz CT molecular complexity index is 588. The fourth-order valence-electron chi connectivity index (χ4n) is 2.98. The second-order valence-electron chi connectivity index (χ2n) is 6.01. The van der Waals surface area contributed by atoms with Gasteiger partial charge in [0.15, 0.2) is 5.96 Å². The Kier molecular flexibility index (Phi) is 7.29. The highest BCUT2D eigenvalue weighted by atomic mass is 127. The summed E-state index contributed by atoms with van der Waals surface area (Å²) in [4.78, 5) is 20.2. The second kappa shape index (κ2) is 9.22. The lowest BCUT2D eigenvalue weighted by molar-refractivity contribution is -0.128. The average Bonchev–Trinajstić information content (AvgIpc) is 2.99. The zero-order chi connectivity index (χ0) is 16.1. The summed E-state index contributed by atoms with van der Waals surface area (Å²) in [6.07, 6.45) is 1.65. The van der Waals surface area contributed by atoms with E-state index in [1.54, 1.807) is 0 Å². The van der Waals surface area contributed by atoms with E-state index in [0.717, 1.165) is 37.2 Å². The molecule has 0 saturated carbocycles. The fraction of sp³-hybridized carbons (Fsp3) is 0.529. The lowest BCUT2D eigenvalue weighted by Crippen LogP contribution is -2.44. The van der Waals surface area contributed by atoms with E-state index in [2.05, 4.69) is 22.0 Å². The normalized spacial score (nSPS) is 18.7. The largest absolute Gasteiger partial charge is 0.378 e. The molecule has 0 radical (unpaired) electrons. The number of ether oxygens (including phenoxy) is 1. The van der Waals surface area contributed by atoms with E-state index in [1.807, 2.05) is 17.0 Å². The van der Waals surface area contributed by atoms with Crippen LogP contribution in [0.15, 0.2) is 29.3 Å². The molecule has 132 valence electrons. The van der Waals surface area contributed by atoms with Crippen molar-refractivity contribution in [1.82, 2.24) is 9.80 Å². The second-order valence-corrected chi connectivity index (χ2v) is 6.01. The molecule has 2 aliphatic heterocycles. The van der Waals surface area contributed by atoms with Crippen LogP contribution in [0.1, 0.15) is 24.0 Å². The lowest BCUT2D eigenvalue weighted by Gasteiger charge is -2.27. The maximum Gasteiger partial charge on any atom is 0.222 e. The van der Waals surface area contributed by atoms with Crippen molar-refractivity contribution in [3.63, 3.8) is 0 Å². The molecule has 2 fully saturated rings. The highest BCUT2D eigenvalue weighted by Crippen LogP contribution is 2.15. The Labute approximate surface area is 160 Å². The van der Waals surface area contributed by atoms with E-state index < -0.39 is 0 Å². The average molecular weight is 444 g/mol. The summed E-state index contributed by atoms with van der Waals surface area (Å²) in [6, 6.07) is 8.24. The Morgan fingerprint density at radius 3 is 2.67 bits per heavy atom. The van der Waals surface area contributed by atoms with Crippen molar-refractivity contribution in [3.05, 3.63) is 35.4 Å². The standard InChI is InChI=1S/C17H24N4O2.HI/c18-17(20-7-9-23-10-8-20)19-12-14-3-1-4-15(11-14)13-21-6-2-5-16(21)22;/h1,3-4,11H,2,5-10,12-13H2,(H2,18,19);1H. The van der Waals surface area contributed by atoms with Crippen LogP contribution in [-0.4, -0.2) is 54.5 Å². The van der Waals surface area contributed by atoms with Crippen molar-refractivity contribution in [2.24, 2.45) is 10.7 Å². The van der Waals surface area contributed by atoms with Crippen molar-refractivity contribution in [1.29, 1.82) is 0 Å². The van der Waals surface area contributed by atoms with Gasteiger partial charge in [-0.25, -0.2) is 4.99 Å². The number of benzene rings is 1. The minimum absolute atomic E-state index is 0. The molecule has 0 unspecified atom stereocenters. The van der Waals surface area contributed by atoms with Crippen molar-refractivity contribution in [2.45, 2.75) is 25.9 Å². The third-order valence-corrected chi connectivity index (χ3v) is 4.29. The lowest BCUT2D eigenvalue weighted by atomic mass is 10.1. The molecule has 1 aromatic rings. The Hall–Kier alpha value is -1.35. The molecule has 0 atom stereocenters. The highest BCUT2D eigenvalue weighted by Gasteiger charge is 2.19. The molecule has 2 saturated heterocycles. The van der Waals surface area contributed by atoms with Gasteiger partial charge in [0.1, 0.15) is 0 Å². The van der Waals surface area contributed by atoms with Gasteiger partial charge in [0.2, 0.25) is 5.91 Å². The van der Waals surface area contributed by atoms with Gasteiger partial charge < -0.3 is 20.3 Å². The van der Waals surface area contributed by atoms with E-state index in [9.17, 15) is 4.79 Å². The number of guanidine groups is 1. The highest BCUT2D eigenvalue weighted by molar-refractivity contribution is 14.0. The number of amides is 1. The number of hydrogen-bond donors (Lipinski definition) is 1. The van der Waals surface area contributed by atoms with Gasteiger partial charge in [0.25, 0.3) is 0 Å². The summed E-state index contributed by atoms with van der Waals surface area (Å²) in [7, 11) is 0. The summed E-state index contributed by atoms with van der Waals surface area (Å²) in [5.74, 6) is 0.832. The molecule has 6 nitrogen and oxygen atoms in total. The van der Waals surface area contributed by atoms with Crippen LogP contribution in [0.3, 0.4) is 0 Å². The van der Waals surface area contributed by atoms with Gasteiger partial charge in [-0.1, -0.05) is 24.3 Å². The number of nitrogens with two attached hydrogens (primary N) is 1. The first-order chi connectivity index (χ1) is 11.2. The van der Waals surface area contributed by atoms with Gasteiger partial charge in [-0.2, -0.15) is 0 Å². The first kappa shape index (κ1) is 19.0. The number of carbonyl (C=O) groups excluding carboxylic acids is 1. The van der Waals surface area contributed by atoms with Crippen molar-refractivity contribution in [2.75, 3.05) is 32.8 Å². The molecule has 7 heteroatoms. The SMILES string of the molecule is I.NC(=NCc1cccc(CN2CCCC2=O)c1)N1CCOCC1. The van der Waals surface area contributed by atoms with E-state index in [-0.39, 0.29) is 29.9 Å². The number of hydrogen-bond acceptors (Lipinski definition) is 3. The minimum atomic E-state index is 0. The maximum atomic E-state index is 11.7. The third-order valence-electron chi connectivity index (χ3n) is 4.29. The molecule has 0 spiro atoms. The molecule has 2 aliphatic rings. The van der Waals surface area contributed by atoms with Crippen LogP contribution >= 0.6 is 24.0 Å². The zero-order valence-electron chi connectivity index (χ0n) is 13.8. The minimum Gasteiger partial charge on any atom is -0.378 e. The summed E-state index contributed by atoms with van der Waals surface area (Å²) in [6.45, 7) is 5.12. The molecule has 1 amide bonds. The fourth-order valence-corrected chi connectivity index (χ4v) is 2.98. The van der Waals surface area contributed by atoms with Crippen LogP contribution in [0.4, 0.5) is 0 Å². The van der Waals surface area contributed by atoms with E-state index in [0.29, 0.717) is 38.7 Å². The summed E-state index contributed by atoms with van der Waals surface area (Å²) >= 11 is 0. The van der Waals surface area contributed by atoms with E-state index >= 15 is 0 Å². The Morgan fingerprint density at radius 1 is 1.21 bits per heavy atom. The van der Waals surface area contributed by atoms with Crippen molar-refractivity contribution in [3.8, 4) is 0 Å². The number of halogens is 1. The molecule has 3 rings (SSSR count). The topological polar surface area (TPSA) is 71.2 Å². The van der Waals surface area contributed by atoms with Crippen LogP contribution in [0, 0.1) is 0 Å². The Balaban J connectivity index is 0.00000208. The van der Waals surface area contributed by atoms with Gasteiger partial charge in [0.05, 0.1) is 19.8 Å². The monoisotopic (exact) mass is 444 g/mol. The molecule has 2 N–H and O–H groups in total. The third kappa shape index (κ3) is 5.07. The van der Waals surface area contributed by atoms with Crippen LogP contribution in [0.5, 0.6) is 0 Å². The predicted octanol–water partition coefficient (Wildman–Crippen LogP) is 1.57. The molecule has 24 heavy (non-hydrogen) atoms. The molecular weight excluding hydrogens is 419 g/mol. The maximum absolute atomic E-state index is 11.7. The van der Waals surface area contributed by atoms with Gasteiger partial charge in [-0.15, -0.1) is 24.0 Å². The number of rotatable bonds is 4. The van der Waals surface area contributed by atoms with Crippen molar-refractivity contribution < 1.29 is 9.53 Å². The Morgan fingerprint density at radius 2 is 1.96 bits per heavy atom. The van der Waals surface area contributed by atoms with Crippen LogP contribution in [0.25, 0.3) is 0 Å². The summed E-state index contributed by atoms with van der Waals surface area (Å²) in [5.41, 5.74) is 8.32. The number of aliphatic imine (C=N–C) groups is 1. The molecule has 2 heterocycles. The molecule has 0 bridgehead atoms. The number of nitrogens with zero attached hydrogens (tertiary/aromatic N) is 3. The summed E-state index contributed by atoms with van der Waals surface area (Å²) < 4.78 is 5.32. The van der Waals surface area contributed by atoms with Gasteiger partial charge in [0, 0.05) is 32.6 Å². The number of morpholine rings is 1. The smallest absolute Gasteiger partial charge is 0.222 e.